The summed E-state index contributed by atoms with van der Waals surface area (Å²) in [6.45, 7) is 8.36. The largest absolute Gasteiger partial charge is 0.480 e. The summed E-state index contributed by atoms with van der Waals surface area (Å²) in [7, 11) is 0. The number of hydrogen-bond acceptors (Lipinski definition) is 4. The standard InChI is InChI=1S/C12H22N2O3/c1-10(12(15)16)14-5-3-13(4-6-14)8-11-2-7-17-9-11/h10-11H,2-9H2,1H3,(H,15,16). The molecule has 0 spiro atoms. The molecule has 0 saturated carbocycles. The van der Waals surface area contributed by atoms with Crippen LogP contribution < -0.4 is 0 Å². The van der Waals surface area contributed by atoms with E-state index in [1.807, 2.05) is 4.90 Å². The van der Waals surface area contributed by atoms with E-state index in [2.05, 4.69) is 4.90 Å². The van der Waals surface area contributed by atoms with Gasteiger partial charge < -0.3 is 14.7 Å². The predicted octanol–water partition coefficient (Wildman–Crippen LogP) is 0.114. The van der Waals surface area contributed by atoms with Gasteiger partial charge in [0.25, 0.3) is 0 Å². The number of hydrogen-bond donors (Lipinski definition) is 1. The van der Waals surface area contributed by atoms with E-state index in [0.717, 1.165) is 45.9 Å². The Morgan fingerprint density at radius 1 is 1.41 bits per heavy atom. The first-order chi connectivity index (χ1) is 8.16. The molecule has 2 aliphatic rings. The van der Waals surface area contributed by atoms with Gasteiger partial charge in [0.1, 0.15) is 6.04 Å². The van der Waals surface area contributed by atoms with Crippen LogP contribution in [0, 0.1) is 5.92 Å². The zero-order valence-electron chi connectivity index (χ0n) is 10.5. The number of nitrogens with zero attached hydrogens (tertiary/aromatic N) is 2. The summed E-state index contributed by atoms with van der Waals surface area (Å²) in [5, 5.41) is 8.96. The maximum absolute atomic E-state index is 10.9. The molecule has 5 heteroatoms. The van der Waals surface area contributed by atoms with Crippen molar-refractivity contribution in [3.05, 3.63) is 0 Å². The highest BCUT2D eigenvalue weighted by Gasteiger charge is 2.27. The zero-order chi connectivity index (χ0) is 12.3. The Morgan fingerprint density at radius 2 is 2.12 bits per heavy atom. The highest BCUT2D eigenvalue weighted by molar-refractivity contribution is 5.72. The first-order valence-corrected chi connectivity index (χ1v) is 6.44. The number of aliphatic carboxylic acids is 1. The van der Waals surface area contributed by atoms with Crippen LogP contribution in [-0.2, 0) is 9.53 Å². The topological polar surface area (TPSA) is 53.0 Å². The molecule has 1 N–H and O–H groups in total. The summed E-state index contributed by atoms with van der Waals surface area (Å²) in [6, 6.07) is -0.355. The van der Waals surface area contributed by atoms with E-state index in [1.165, 1.54) is 6.42 Å². The third-order valence-electron chi connectivity index (χ3n) is 3.85. The van der Waals surface area contributed by atoms with Gasteiger partial charge in [-0.05, 0) is 19.3 Å². The number of piperazine rings is 1. The van der Waals surface area contributed by atoms with Crippen LogP contribution in [0.2, 0.25) is 0 Å². The van der Waals surface area contributed by atoms with Crippen LogP contribution in [0.4, 0.5) is 0 Å². The van der Waals surface area contributed by atoms with Crippen molar-refractivity contribution in [3.8, 4) is 0 Å². The van der Waals surface area contributed by atoms with E-state index in [0.29, 0.717) is 5.92 Å². The van der Waals surface area contributed by atoms with E-state index in [-0.39, 0.29) is 6.04 Å². The average Bonchev–Trinajstić information content (AvgIpc) is 2.82. The van der Waals surface area contributed by atoms with E-state index in [1.54, 1.807) is 6.92 Å². The van der Waals surface area contributed by atoms with Crippen molar-refractivity contribution in [2.75, 3.05) is 45.9 Å². The molecule has 2 unspecified atom stereocenters. The Balaban J connectivity index is 1.72. The molecular formula is C12H22N2O3. The second-order valence-electron chi connectivity index (χ2n) is 5.08. The van der Waals surface area contributed by atoms with Crippen LogP contribution in [0.15, 0.2) is 0 Å². The Hall–Kier alpha value is -0.650. The van der Waals surface area contributed by atoms with Crippen molar-refractivity contribution < 1.29 is 14.6 Å². The molecule has 2 atom stereocenters. The van der Waals surface area contributed by atoms with Gasteiger partial charge in [0.05, 0.1) is 6.61 Å². The monoisotopic (exact) mass is 242 g/mol. The molecule has 0 bridgehead atoms. The fraction of sp³-hybridized carbons (Fsp3) is 0.917. The highest BCUT2D eigenvalue weighted by Crippen LogP contribution is 2.15. The molecule has 2 saturated heterocycles. The lowest BCUT2D eigenvalue weighted by Gasteiger charge is -2.37. The molecule has 2 rings (SSSR count). The summed E-state index contributed by atoms with van der Waals surface area (Å²) >= 11 is 0. The van der Waals surface area contributed by atoms with Crippen LogP contribution in [0.25, 0.3) is 0 Å². The Labute approximate surface area is 102 Å². The molecule has 98 valence electrons. The normalized spacial score (nSPS) is 29.4. The van der Waals surface area contributed by atoms with Crippen LogP contribution >= 0.6 is 0 Å². The summed E-state index contributed by atoms with van der Waals surface area (Å²) in [5.41, 5.74) is 0. The second kappa shape index (κ2) is 5.80. The van der Waals surface area contributed by atoms with E-state index >= 15 is 0 Å². The van der Waals surface area contributed by atoms with Crippen molar-refractivity contribution in [1.29, 1.82) is 0 Å². The quantitative estimate of drug-likeness (QED) is 0.758. The molecule has 0 aromatic rings. The lowest BCUT2D eigenvalue weighted by Crippen LogP contribution is -2.52. The maximum atomic E-state index is 10.9. The smallest absolute Gasteiger partial charge is 0.320 e. The van der Waals surface area contributed by atoms with E-state index in [9.17, 15) is 4.79 Å². The van der Waals surface area contributed by atoms with Crippen LogP contribution in [0.5, 0.6) is 0 Å². The molecule has 17 heavy (non-hydrogen) atoms. The second-order valence-corrected chi connectivity index (χ2v) is 5.08. The van der Waals surface area contributed by atoms with Crippen molar-refractivity contribution in [1.82, 2.24) is 9.80 Å². The van der Waals surface area contributed by atoms with Crippen molar-refractivity contribution in [3.63, 3.8) is 0 Å². The summed E-state index contributed by atoms with van der Waals surface area (Å²) in [4.78, 5) is 15.4. The van der Waals surface area contributed by atoms with Gasteiger partial charge in [-0.15, -0.1) is 0 Å². The van der Waals surface area contributed by atoms with Crippen LogP contribution in [0.3, 0.4) is 0 Å². The van der Waals surface area contributed by atoms with Gasteiger partial charge in [-0.1, -0.05) is 0 Å². The maximum Gasteiger partial charge on any atom is 0.320 e. The molecule has 0 radical (unpaired) electrons. The summed E-state index contributed by atoms with van der Waals surface area (Å²) in [5.74, 6) is -0.0407. The first kappa shape index (κ1) is 12.8. The van der Waals surface area contributed by atoms with Gasteiger partial charge in [-0.2, -0.15) is 0 Å². The molecule has 0 aromatic carbocycles. The van der Waals surface area contributed by atoms with Crippen molar-refractivity contribution in [2.24, 2.45) is 5.92 Å². The molecule has 2 aliphatic heterocycles. The fourth-order valence-corrected chi connectivity index (χ4v) is 2.58. The number of carboxylic acids is 1. The van der Waals surface area contributed by atoms with Gasteiger partial charge in [0, 0.05) is 39.3 Å². The van der Waals surface area contributed by atoms with Crippen molar-refractivity contribution in [2.45, 2.75) is 19.4 Å². The minimum absolute atomic E-state index is 0.355. The number of carbonyl (C=O) groups is 1. The third-order valence-corrected chi connectivity index (χ3v) is 3.85. The van der Waals surface area contributed by atoms with Gasteiger partial charge in [-0.3, -0.25) is 9.69 Å². The van der Waals surface area contributed by atoms with E-state index in [4.69, 9.17) is 9.84 Å². The molecular weight excluding hydrogens is 220 g/mol. The fourth-order valence-electron chi connectivity index (χ4n) is 2.58. The molecule has 2 heterocycles. The molecule has 0 aromatic heterocycles. The lowest BCUT2D eigenvalue weighted by atomic mass is 10.1. The van der Waals surface area contributed by atoms with Crippen LogP contribution in [0.1, 0.15) is 13.3 Å². The van der Waals surface area contributed by atoms with Crippen LogP contribution in [-0.4, -0.2) is 72.9 Å². The first-order valence-electron chi connectivity index (χ1n) is 6.44. The SMILES string of the molecule is CC(C(=O)O)N1CCN(CC2CCOC2)CC1. The van der Waals surface area contributed by atoms with Gasteiger partial charge in [0.15, 0.2) is 0 Å². The summed E-state index contributed by atoms with van der Waals surface area (Å²) < 4.78 is 5.37. The average molecular weight is 242 g/mol. The lowest BCUT2D eigenvalue weighted by molar-refractivity contribution is -0.143. The van der Waals surface area contributed by atoms with Crippen molar-refractivity contribution >= 4 is 5.97 Å². The molecule has 2 fully saturated rings. The number of ether oxygens (including phenoxy) is 1. The molecule has 0 amide bonds. The van der Waals surface area contributed by atoms with Gasteiger partial charge in [0.2, 0.25) is 0 Å². The Bertz CT molecular complexity index is 258. The number of carboxylic acid groups (broad SMARTS) is 1. The minimum atomic E-state index is -0.720. The predicted molar refractivity (Wildman–Crippen MR) is 64.0 cm³/mol. The summed E-state index contributed by atoms with van der Waals surface area (Å²) in [6.07, 6.45) is 1.17. The minimum Gasteiger partial charge on any atom is -0.480 e. The van der Waals surface area contributed by atoms with E-state index < -0.39 is 5.97 Å². The highest BCUT2D eigenvalue weighted by atomic mass is 16.5. The Morgan fingerprint density at radius 3 is 2.65 bits per heavy atom. The number of rotatable bonds is 4. The molecule has 5 nitrogen and oxygen atoms in total. The van der Waals surface area contributed by atoms with Gasteiger partial charge in [-0.25, -0.2) is 0 Å². The Kier molecular flexibility index (Phi) is 4.36. The molecule has 0 aliphatic carbocycles. The third kappa shape index (κ3) is 3.40. The van der Waals surface area contributed by atoms with Gasteiger partial charge >= 0.3 is 5.97 Å². The zero-order valence-corrected chi connectivity index (χ0v) is 10.5.